The van der Waals surface area contributed by atoms with E-state index in [1.54, 1.807) is 0 Å². The molecule has 16 heavy (non-hydrogen) atoms. The summed E-state index contributed by atoms with van der Waals surface area (Å²) in [4.78, 5) is 4.25. The van der Waals surface area contributed by atoms with Crippen LogP contribution in [0.1, 0.15) is 63.7 Å². The molecule has 1 aliphatic rings. The Balaban J connectivity index is 2.13. The van der Waals surface area contributed by atoms with Gasteiger partial charge in [-0.25, -0.2) is 4.98 Å². The first-order chi connectivity index (χ1) is 7.68. The summed E-state index contributed by atoms with van der Waals surface area (Å²) in [5.74, 6) is 0.882. The van der Waals surface area contributed by atoms with Gasteiger partial charge in [0, 0.05) is 18.3 Å². The molecular formula is C13H23N3. The molecule has 2 unspecified atom stereocenters. The third kappa shape index (κ3) is 2.46. The monoisotopic (exact) mass is 221 g/mol. The normalized spacial score (nSPS) is 28.7. The Hall–Kier alpha value is -0.830. The Morgan fingerprint density at radius 1 is 1.38 bits per heavy atom. The molecule has 0 amide bonds. The van der Waals surface area contributed by atoms with Crippen LogP contribution >= 0.6 is 0 Å². The van der Waals surface area contributed by atoms with Crippen LogP contribution in [0.25, 0.3) is 0 Å². The first kappa shape index (κ1) is 11.6. The number of hydrogen-bond acceptors (Lipinski definition) is 2. The minimum Gasteiger partial charge on any atom is -0.330 e. The van der Waals surface area contributed by atoms with Gasteiger partial charge in [0.1, 0.15) is 0 Å². The largest absolute Gasteiger partial charge is 0.330 e. The molecule has 0 bridgehead atoms. The van der Waals surface area contributed by atoms with Crippen LogP contribution in [0.5, 0.6) is 0 Å². The SMILES string of the molecule is CC1CCCC(n2cncc2[C@H](C)N)CC1. The maximum Gasteiger partial charge on any atom is 0.0951 e. The second-order valence-electron chi connectivity index (χ2n) is 5.28. The lowest BCUT2D eigenvalue weighted by Gasteiger charge is -2.20. The summed E-state index contributed by atoms with van der Waals surface area (Å²) < 4.78 is 2.31. The van der Waals surface area contributed by atoms with E-state index < -0.39 is 0 Å². The van der Waals surface area contributed by atoms with Crippen LogP contribution < -0.4 is 5.73 Å². The maximum atomic E-state index is 5.97. The van der Waals surface area contributed by atoms with E-state index in [0.29, 0.717) is 6.04 Å². The molecule has 2 rings (SSSR count). The molecule has 1 saturated carbocycles. The molecule has 0 aromatic carbocycles. The van der Waals surface area contributed by atoms with E-state index >= 15 is 0 Å². The summed E-state index contributed by atoms with van der Waals surface area (Å²) in [6.45, 7) is 4.40. The van der Waals surface area contributed by atoms with Crippen LogP contribution in [-0.2, 0) is 0 Å². The van der Waals surface area contributed by atoms with E-state index in [2.05, 4.69) is 16.5 Å². The molecule has 1 heterocycles. The molecular weight excluding hydrogens is 198 g/mol. The van der Waals surface area contributed by atoms with Crippen molar-refractivity contribution in [2.24, 2.45) is 11.7 Å². The van der Waals surface area contributed by atoms with E-state index in [9.17, 15) is 0 Å². The molecule has 1 fully saturated rings. The highest BCUT2D eigenvalue weighted by Crippen LogP contribution is 2.31. The van der Waals surface area contributed by atoms with Gasteiger partial charge in [0.25, 0.3) is 0 Å². The Morgan fingerprint density at radius 2 is 2.19 bits per heavy atom. The second kappa shape index (κ2) is 5.00. The van der Waals surface area contributed by atoms with Crippen molar-refractivity contribution in [3.63, 3.8) is 0 Å². The van der Waals surface area contributed by atoms with E-state index in [-0.39, 0.29) is 6.04 Å². The molecule has 3 heteroatoms. The Morgan fingerprint density at radius 3 is 2.94 bits per heavy atom. The fourth-order valence-corrected chi connectivity index (χ4v) is 2.72. The van der Waals surface area contributed by atoms with Crippen molar-refractivity contribution in [3.05, 3.63) is 18.2 Å². The average molecular weight is 221 g/mol. The van der Waals surface area contributed by atoms with Crippen molar-refractivity contribution >= 4 is 0 Å². The van der Waals surface area contributed by atoms with Gasteiger partial charge >= 0.3 is 0 Å². The topological polar surface area (TPSA) is 43.8 Å². The summed E-state index contributed by atoms with van der Waals surface area (Å²) in [5.41, 5.74) is 7.15. The molecule has 3 nitrogen and oxygen atoms in total. The van der Waals surface area contributed by atoms with Crippen molar-refractivity contribution in [1.29, 1.82) is 0 Å². The zero-order valence-electron chi connectivity index (χ0n) is 10.4. The van der Waals surface area contributed by atoms with E-state index in [0.717, 1.165) is 5.92 Å². The summed E-state index contributed by atoms with van der Waals surface area (Å²) in [6, 6.07) is 0.705. The predicted octanol–water partition coefficient (Wildman–Crippen LogP) is 3.04. The zero-order chi connectivity index (χ0) is 11.5. The highest BCUT2D eigenvalue weighted by Gasteiger charge is 2.20. The number of aromatic nitrogens is 2. The first-order valence-corrected chi connectivity index (χ1v) is 6.45. The van der Waals surface area contributed by atoms with Crippen LogP contribution in [0.15, 0.2) is 12.5 Å². The standard InChI is InChI=1S/C13H23N3/c1-10-4-3-5-12(7-6-10)16-9-15-8-13(16)11(2)14/h8-12H,3-7,14H2,1-2H3/t10?,11-,12?/m0/s1. The summed E-state index contributed by atoms with van der Waals surface area (Å²) >= 11 is 0. The fraction of sp³-hybridized carbons (Fsp3) is 0.769. The third-order valence-corrected chi connectivity index (χ3v) is 3.78. The number of imidazole rings is 1. The maximum absolute atomic E-state index is 5.97. The molecule has 2 N–H and O–H groups in total. The summed E-state index contributed by atoms with van der Waals surface area (Å²) in [5, 5.41) is 0. The summed E-state index contributed by atoms with van der Waals surface area (Å²) in [7, 11) is 0. The molecule has 1 aromatic rings. The average Bonchev–Trinajstić information content (AvgIpc) is 2.63. The Kier molecular flexibility index (Phi) is 3.64. The molecule has 3 atom stereocenters. The number of nitrogens with two attached hydrogens (primary N) is 1. The Labute approximate surface area is 98.1 Å². The van der Waals surface area contributed by atoms with Crippen LogP contribution in [0.3, 0.4) is 0 Å². The van der Waals surface area contributed by atoms with Gasteiger partial charge in [-0.15, -0.1) is 0 Å². The van der Waals surface area contributed by atoms with E-state index in [1.807, 2.05) is 19.4 Å². The van der Waals surface area contributed by atoms with Crippen molar-refractivity contribution in [2.45, 2.75) is 58.0 Å². The van der Waals surface area contributed by atoms with Crippen molar-refractivity contribution in [3.8, 4) is 0 Å². The van der Waals surface area contributed by atoms with Gasteiger partial charge in [-0.05, 0) is 32.1 Å². The quantitative estimate of drug-likeness (QED) is 0.780. The van der Waals surface area contributed by atoms with Crippen LogP contribution in [-0.4, -0.2) is 9.55 Å². The van der Waals surface area contributed by atoms with Crippen LogP contribution in [0.2, 0.25) is 0 Å². The van der Waals surface area contributed by atoms with Crippen LogP contribution in [0.4, 0.5) is 0 Å². The lowest BCUT2D eigenvalue weighted by atomic mass is 10.0. The van der Waals surface area contributed by atoms with E-state index in [1.165, 1.54) is 37.8 Å². The fourth-order valence-electron chi connectivity index (χ4n) is 2.72. The minimum atomic E-state index is 0.0863. The minimum absolute atomic E-state index is 0.0863. The van der Waals surface area contributed by atoms with Gasteiger partial charge in [0.05, 0.1) is 12.0 Å². The van der Waals surface area contributed by atoms with Gasteiger partial charge in [-0.1, -0.05) is 19.8 Å². The molecule has 90 valence electrons. The van der Waals surface area contributed by atoms with E-state index in [4.69, 9.17) is 5.73 Å². The van der Waals surface area contributed by atoms with Crippen LogP contribution in [0, 0.1) is 5.92 Å². The molecule has 0 saturated heterocycles. The molecule has 0 radical (unpaired) electrons. The lowest BCUT2D eigenvalue weighted by Crippen LogP contribution is -2.16. The van der Waals surface area contributed by atoms with Gasteiger partial charge in [-0.2, -0.15) is 0 Å². The molecule has 0 spiro atoms. The number of rotatable bonds is 2. The smallest absolute Gasteiger partial charge is 0.0951 e. The van der Waals surface area contributed by atoms with Gasteiger partial charge in [-0.3, -0.25) is 0 Å². The van der Waals surface area contributed by atoms with Crippen molar-refractivity contribution in [1.82, 2.24) is 9.55 Å². The third-order valence-electron chi connectivity index (χ3n) is 3.78. The van der Waals surface area contributed by atoms with Gasteiger partial charge in [0.15, 0.2) is 0 Å². The zero-order valence-corrected chi connectivity index (χ0v) is 10.4. The molecule has 1 aliphatic carbocycles. The van der Waals surface area contributed by atoms with Crippen molar-refractivity contribution in [2.75, 3.05) is 0 Å². The second-order valence-corrected chi connectivity index (χ2v) is 5.28. The van der Waals surface area contributed by atoms with Crippen molar-refractivity contribution < 1.29 is 0 Å². The lowest BCUT2D eigenvalue weighted by molar-refractivity contribution is 0.416. The molecule has 0 aliphatic heterocycles. The van der Waals surface area contributed by atoms with Gasteiger partial charge in [0.2, 0.25) is 0 Å². The first-order valence-electron chi connectivity index (χ1n) is 6.45. The van der Waals surface area contributed by atoms with Gasteiger partial charge < -0.3 is 10.3 Å². The number of hydrogen-bond donors (Lipinski definition) is 1. The highest BCUT2D eigenvalue weighted by molar-refractivity contribution is 5.05. The predicted molar refractivity (Wildman–Crippen MR) is 66.1 cm³/mol. The molecule has 1 aromatic heterocycles. The summed E-state index contributed by atoms with van der Waals surface area (Å²) in [6.07, 6.45) is 10.5. The Bertz CT molecular complexity index is 330. The number of nitrogens with zero attached hydrogens (tertiary/aromatic N) is 2. The highest BCUT2D eigenvalue weighted by atomic mass is 15.1.